The highest BCUT2D eigenvalue weighted by atomic mass is 16.5. The van der Waals surface area contributed by atoms with Crippen LogP contribution >= 0.6 is 0 Å². The standard InChI is InChI=1S/C15H18N2O3/c1-10(18)16-12-4-5-13-11(9-12)6-7-17(13)15(19)14-3-2-8-20-14/h4-5,9,14H,2-3,6-8H2,1H3,(H,16,18). The molecule has 5 heteroatoms. The Bertz CT molecular complexity index is 550. The number of carbonyl (C=O) groups is 2. The van der Waals surface area contributed by atoms with Gasteiger partial charge in [-0.25, -0.2) is 0 Å². The predicted octanol–water partition coefficient (Wildman–Crippen LogP) is 1.71. The van der Waals surface area contributed by atoms with Crippen LogP contribution in [0.5, 0.6) is 0 Å². The number of nitrogens with zero attached hydrogens (tertiary/aromatic N) is 1. The summed E-state index contributed by atoms with van der Waals surface area (Å²) in [6, 6.07) is 5.68. The van der Waals surface area contributed by atoms with E-state index >= 15 is 0 Å². The number of fused-ring (bicyclic) bond motifs is 1. The molecule has 1 fully saturated rings. The average Bonchev–Trinajstić information content (AvgIpc) is 3.06. The van der Waals surface area contributed by atoms with Gasteiger partial charge in [0.25, 0.3) is 5.91 Å². The normalized spacial score (nSPS) is 20.9. The fourth-order valence-corrected chi connectivity index (χ4v) is 2.86. The number of benzene rings is 1. The zero-order chi connectivity index (χ0) is 14.1. The lowest BCUT2D eigenvalue weighted by Crippen LogP contribution is -2.37. The van der Waals surface area contributed by atoms with Crippen LogP contribution in [0.1, 0.15) is 25.3 Å². The summed E-state index contributed by atoms with van der Waals surface area (Å²) in [5.74, 6) is -0.0243. The molecular weight excluding hydrogens is 256 g/mol. The number of hydrogen-bond donors (Lipinski definition) is 1. The van der Waals surface area contributed by atoms with Gasteiger partial charge in [0, 0.05) is 31.5 Å². The van der Waals surface area contributed by atoms with E-state index in [4.69, 9.17) is 4.74 Å². The lowest BCUT2D eigenvalue weighted by Gasteiger charge is -2.21. The third-order valence-corrected chi connectivity index (χ3v) is 3.77. The molecule has 0 spiro atoms. The minimum Gasteiger partial charge on any atom is -0.368 e. The highest BCUT2D eigenvalue weighted by Gasteiger charge is 2.32. The number of carbonyl (C=O) groups excluding carboxylic acids is 2. The molecule has 1 aromatic rings. The number of ether oxygens (including phenoxy) is 1. The smallest absolute Gasteiger partial charge is 0.256 e. The average molecular weight is 274 g/mol. The van der Waals surface area contributed by atoms with Gasteiger partial charge in [0.1, 0.15) is 6.10 Å². The highest BCUT2D eigenvalue weighted by Crippen LogP contribution is 2.32. The van der Waals surface area contributed by atoms with Crippen LogP contribution in [-0.2, 0) is 20.7 Å². The summed E-state index contributed by atoms with van der Waals surface area (Å²) >= 11 is 0. The molecule has 2 aliphatic heterocycles. The molecule has 20 heavy (non-hydrogen) atoms. The van der Waals surface area contributed by atoms with Crippen molar-refractivity contribution >= 4 is 23.2 Å². The van der Waals surface area contributed by atoms with Crippen LogP contribution in [-0.4, -0.2) is 31.1 Å². The van der Waals surface area contributed by atoms with Gasteiger partial charge in [0.2, 0.25) is 5.91 Å². The molecule has 5 nitrogen and oxygen atoms in total. The summed E-state index contributed by atoms with van der Waals surface area (Å²) in [5, 5.41) is 2.77. The second kappa shape index (κ2) is 5.25. The van der Waals surface area contributed by atoms with Gasteiger partial charge < -0.3 is 15.0 Å². The first-order chi connectivity index (χ1) is 9.65. The summed E-state index contributed by atoms with van der Waals surface area (Å²) < 4.78 is 5.47. The van der Waals surface area contributed by atoms with E-state index < -0.39 is 0 Å². The zero-order valence-electron chi connectivity index (χ0n) is 11.5. The van der Waals surface area contributed by atoms with Crippen LogP contribution in [0.15, 0.2) is 18.2 Å². The van der Waals surface area contributed by atoms with Gasteiger partial charge in [-0.3, -0.25) is 9.59 Å². The number of nitrogens with one attached hydrogen (secondary N) is 1. The fraction of sp³-hybridized carbons (Fsp3) is 0.467. The van der Waals surface area contributed by atoms with Gasteiger partial charge in [-0.15, -0.1) is 0 Å². The molecule has 1 atom stereocenters. The van der Waals surface area contributed by atoms with Crippen LogP contribution < -0.4 is 10.2 Å². The molecule has 1 saturated heterocycles. The Labute approximate surface area is 117 Å². The van der Waals surface area contributed by atoms with Crippen LogP contribution in [0.25, 0.3) is 0 Å². The Balaban J connectivity index is 1.79. The summed E-state index contributed by atoms with van der Waals surface area (Å²) in [5.41, 5.74) is 2.82. The molecule has 0 bridgehead atoms. The summed E-state index contributed by atoms with van der Waals surface area (Å²) in [7, 11) is 0. The van der Waals surface area contributed by atoms with Crippen molar-refractivity contribution in [3.8, 4) is 0 Å². The molecule has 1 unspecified atom stereocenters. The topological polar surface area (TPSA) is 58.6 Å². The highest BCUT2D eigenvalue weighted by molar-refractivity contribution is 5.99. The third-order valence-electron chi connectivity index (χ3n) is 3.77. The molecule has 106 valence electrons. The van der Waals surface area contributed by atoms with E-state index in [1.807, 2.05) is 23.1 Å². The number of anilines is 2. The minimum atomic E-state index is -0.282. The number of hydrogen-bond acceptors (Lipinski definition) is 3. The van der Waals surface area contributed by atoms with Crippen molar-refractivity contribution in [2.45, 2.75) is 32.3 Å². The Kier molecular flexibility index (Phi) is 3.44. The van der Waals surface area contributed by atoms with Crippen molar-refractivity contribution in [1.82, 2.24) is 0 Å². The molecule has 2 heterocycles. The maximum absolute atomic E-state index is 12.4. The SMILES string of the molecule is CC(=O)Nc1ccc2c(c1)CCN2C(=O)C1CCCO1. The number of rotatable bonds is 2. The Morgan fingerprint density at radius 3 is 2.95 bits per heavy atom. The quantitative estimate of drug-likeness (QED) is 0.893. The van der Waals surface area contributed by atoms with Crippen LogP contribution in [0.3, 0.4) is 0 Å². The van der Waals surface area contributed by atoms with E-state index in [-0.39, 0.29) is 17.9 Å². The van der Waals surface area contributed by atoms with Gasteiger partial charge in [0.05, 0.1) is 0 Å². The van der Waals surface area contributed by atoms with Gasteiger partial charge in [-0.2, -0.15) is 0 Å². The molecule has 2 amide bonds. The van der Waals surface area contributed by atoms with E-state index in [1.54, 1.807) is 0 Å². The fourth-order valence-electron chi connectivity index (χ4n) is 2.86. The van der Waals surface area contributed by atoms with Crippen molar-refractivity contribution in [3.05, 3.63) is 23.8 Å². The molecule has 0 aromatic heterocycles. The lowest BCUT2D eigenvalue weighted by atomic mass is 10.1. The largest absolute Gasteiger partial charge is 0.368 e. The van der Waals surface area contributed by atoms with Crippen LogP contribution in [0, 0.1) is 0 Å². The molecule has 0 aliphatic carbocycles. The van der Waals surface area contributed by atoms with Gasteiger partial charge in [0.15, 0.2) is 0 Å². The van der Waals surface area contributed by atoms with Gasteiger partial charge >= 0.3 is 0 Å². The number of amides is 2. The summed E-state index contributed by atoms with van der Waals surface area (Å²) in [4.78, 5) is 25.3. The lowest BCUT2D eigenvalue weighted by molar-refractivity contribution is -0.127. The van der Waals surface area contributed by atoms with Crippen molar-refractivity contribution in [2.24, 2.45) is 0 Å². The Morgan fingerprint density at radius 2 is 2.25 bits per heavy atom. The first kappa shape index (κ1) is 13.1. The molecule has 0 radical (unpaired) electrons. The minimum absolute atomic E-state index is 0.0635. The van der Waals surface area contributed by atoms with Crippen molar-refractivity contribution < 1.29 is 14.3 Å². The first-order valence-corrected chi connectivity index (χ1v) is 6.98. The molecule has 3 rings (SSSR count). The molecule has 1 N–H and O–H groups in total. The van der Waals surface area contributed by atoms with E-state index in [0.717, 1.165) is 36.2 Å². The Hall–Kier alpha value is -1.88. The van der Waals surface area contributed by atoms with Crippen molar-refractivity contribution in [1.29, 1.82) is 0 Å². The molecular formula is C15H18N2O3. The van der Waals surface area contributed by atoms with Crippen molar-refractivity contribution in [3.63, 3.8) is 0 Å². The van der Waals surface area contributed by atoms with E-state index in [0.29, 0.717) is 13.2 Å². The molecule has 2 aliphatic rings. The van der Waals surface area contributed by atoms with Crippen LogP contribution in [0.2, 0.25) is 0 Å². The Morgan fingerprint density at radius 1 is 1.40 bits per heavy atom. The molecule has 0 saturated carbocycles. The molecule has 1 aromatic carbocycles. The third kappa shape index (κ3) is 2.41. The monoisotopic (exact) mass is 274 g/mol. The second-order valence-corrected chi connectivity index (χ2v) is 5.27. The second-order valence-electron chi connectivity index (χ2n) is 5.27. The predicted molar refractivity (Wildman–Crippen MR) is 75.8 cm³/mol. The maximum atomic E-state index is 12.4. The van der Waals surface area contributed by atoms with Gasteiger partial charge in [-0.1, -0.05) is 0 Å². The van der Waals surface area contributed by atoms with E-state index in [1.165, 1.54) is 6.92 Å². The summed E-state index contributed by atoms with van der Waals surface area (Å²) in [6.45, 7) is 2.86. The van der Waals surface area contributed by atoms with Crippen molar-refractivity contribution in [2.75, 3.05) is 23.4 Å². The van der Waals surface area contributed by atoms with E-state index in [9.17, 15) is 9.59 Å². The summed E-state index contributed by atoms with van der Waals surface area (Å²) in [6.07, 6.45) is 2.31. The maximum Gasteiger partial charge on any atom is 0.256 e. The van der Waals surface area contributed by atoms with Gasteiger partial charge in [-0.05, 0) is 43.0 Å². The zero-order valence-corrected chi connectivity index (χ0v) is 11.5. The van der Waals surface area contributed by atoms with Crippen LogP contribution in [0.4, 0.5) is 11.4 Å². The first-order valence-electron chi connectivity index (χ1n) is 6.98. The van der Waals surface area contributed by atoms with E-state index in [2.05, 4.69) is 5.32 Å².